The van der Waals surface area contributed by atoms with Crippen LogP contribution in [0.4, 0.5) is 0 Å². The van der Waals surface area contributed by atoms with Gasteiger partial charge in [0.25, 0.3) is 0 Å². The first-order valence-corrected chi connectivity index (χ1v) is 26.7. The first kappa shape index (κ1) is 49.2. The Morgan fingerprint density at radius 1 is 0.417 bits per heavy atom. The minimum Gasteiger partial charge on any atom is -0.507 e. The average Bonchev–Trinajstić information content (AvgIpc) is 3.14. The standard InChI is InChI=1S/C45H36I8O7/c1-20-6-23(8-21-10-29(46)40(57)30(47)11-21)39(56)24(7-20)9-22-12-33(50)42(34(51)13-22)59-60-43-35(52)16-26(17-36(43)53)45(4,5)28-18-27(37(54)19-38(28)55)44(2,3)25-14-31(48)41(58)32(49)15-25/h6-7,10-19,54-58H,8-9H2,1-5H3. The van der Waals surface area contributed by atoms with Crippen molar-refractivity contribution in [2.75, 3.05) is 0 Å². The first-order valence-electron chi connectivity index (χ1n) is 18.0. The minimum absolute atomic E-state index is 0.00780. The quantitative estimate of drug-likeness (QED) is 0.0498. The second-order valence-electron chi connectivity index (χ2n) is 15.4. The van der Waals surface area contributed by atoms with Gasteiger partial charge < -0.3 is 25.5 Å². The second kappa shape index (κ2) is 19.7. The molecule has 6 aromatic carbocycles. The zero-order valence-corrected chi connectivity index (χ0v) is 49.7. The molecule has 6 aromatic rings. The molecule has 0 aliphatic rings. The van der Waals surface area contributed by atoms with E-state index in [2.05, 4.69) is 181 Å². The predicted octanol–water partition coefficient (Wildman–Crippen LogP) is 14.6. The van der Waals surface area contributed by atoms with E-state index in [-0.39, 0.29) is 28.7 Å². The Balaban J connectivity index is 1.22. The normalized spacial score (nSPS) is 11.9. The number of halogens is 8. The van der Waals surface area contributed by atoms with Crippen molar-refractivity contribution >= 4 is 181 Å². The maximum atomic E-state index is 11.4. The highest BCUT2D eigenvalue weighted by molar-refractivity contribution is 14.1. The predicted molar refractivity (Wildman–Crippen MR) is 305 cm³/mol. The molecule has 0 aliphatic carbocycles. The fourth-order valence-electron chi connectivity index (χ4n) is 7.06. The van der Waals surface area contributed by atoms with Crippen LogP contribution in [-0.4, -0.2) is 25.5 Å². The molecule has 0 aliphatic heterocycles. The SMILES string of the molecule is Cc1cc(Cc2cc(I)c(O)c(I)c2)c(O)c(Cc2cc(I)c(OOc3c(I)cc(C(C)(C)c4cc(C(C)(C)c5cc(I)c(O)c(I)c5)c(O)cc4O)cc3I)c(I)c2)c1. The van der Waals surface area contributed by atoms with Gasteiger partial charge in [0.1, 0.15) is 28.7 Å². The van der Waals surface area contributed by atoms with Gasteiger partial charge in [-0.2, -0.15) is 0 Å². The van der Waals surface area contributed by atoms with Crippen molar-refractivity contribution in [2.45, 2.75) is 58.3 Å². The lowest BCUT2D eigenvalue weighted by Crippen LogP contribution is -2.24. The molecule has 0 aromatic heterocycles. The summed E-state index contributed by atoms with van der Waals surface area (Å²) in [6.07, 6.45) is 1.07. The molecule has 6 rings (SSSR count). The lowest BCUT2D eigenvalue weighted by molar-refractivity contribution is -0.103. The number of phenolic OH excluding ortho intramolecular Hbond substituents is 5. The van der Waals surface area contributed by atoms with Gasteiger partial charge in [0.2, 0.25) is 11.5 Å². The third-order valence-corrected chi connectivity index (χ3v) is 17.0. The minimum atomic E-state index is -0.685. The van der Waals surface area contributed by atoms with E-state index in [1.807, 2.05) is 101 Å². The Morgan fingerprint density at radius 3 is 1.12 bits per heavy atom. The van der Waals surface area contributed by atoms with Crippen LogP contribution in [0.15, 0.2) is 72.8 Å². The summed E-state index contributed by atoms with van der Waals surface area (Å²) in [6, 6.07) is 23.2. The molecule has 0 amide bonds. The number of hydrogen-bond donors (Lipinski definition) is 5. The van der Waals surface area contributed by atoms with Gasteiger partial charge in [0, 0.05) is 40.9 Å². The van der Waals surface area contributed by atoms with Crippen molar-refractivity contribution in [3.05, 3.63) is 151 Å². The van der Waals surface area contributed by atoms with E-state index >= 15 is 0 Å². The van der Waals surface area contributed by atoms with Gasteiger partial charge in [-0.15, -0.1) is 0 Å². The average molecular weight is 1700 g/mol. The van der Waals surface area contributed by atoms with Gasteiger partial charge in [-0.05, 0) is 276 Å². The zero-order chi connectivity index (χ0) is 44.2. The molecule has 0 saturated carbocycles. The molecule has 0 unspecified atom stereocenters. The van der Waals surface area contributed by atoms with Crippen molar-refractivity contribution in [3.8, 4) is 40.2 Å². The number of aromatic hydroxyl groups is 5. The molecule has 0 bridgehead atoms. The zero-order valence-electron chi connectivity index (χ0n) is 32.4. The summed E-state index contributed by atoms with van der Waals surface area (Å²) in [5, 5.41) is 54.5. The summed E-state index contributed by atoms with van der Waals surface area (Å²) < 4.78 is 6.35. The Bertz CT molecular complexity index is 2590. The third-order valence-electron chi connectivity index (χ3n) is 10.5. The highest BCUT2D eigenvalue weighted by atomic mass is 127. The van der Waals surface area contributed by atoms with Crippen LogP contribution < -0.4 is 9.78 Å². The molecule has 7 nitrogen and oxygen atoms in total. The number of rotatable bonds is 11. The number of benzene rings is 6. The molecule has 0 fully saturated rings. The highest BCUT2D eigenvalue weighted by Gasteiger charge is 2.34. The van der Waals surface area contributed by atoms with Gasteiger partial charge in [0.05, 0.1) is 28.6 Å². The third kappa shape index (κ3) is 10.6. The van der Waals surface area contributed by atoms with Crippen LogP contribution in [0.5, 0.6) is 40.2 Å². The topological polar surface area (TPSA) is 120 Å². The van der Waals surface area contributed by atoms with Crippen molar-refractivity contribution in [2.24, 2.45) is 0 Å². The van der Waals surface area contributed by atoms with E-state index in [4.69, 9.17) is 9.78 Å². The maximum absolute atomic E-state index is 11.4. The van der Waals surface area contributed by atoms with E-state index in [9.17, 15) is 25.5 Å². The molecule has 314 valence electrons. The largest absolute Gasteiger partial charge is 0.507 e. The first-order chi connectivity index (χ1) is 28.0. The summed E-state index contributed by atoms with van der Waals surface area (Å²) in [4.78, 5) is 12.1. The highest BCUT2D eigenvalue weighted by Crippen LogP contribution is 2.47. The van der Waals surface area contributed by atoms with Crippen molar-refractivity contribution in [3.63, 3.8) is 0 Å². The molecule has 0 radical (unpaired) electrons. The molecule has 5 N–H and O–H groups in total. The smallest absolute Gasteiger partial charge is 0.205 e. The fraction of sp³-hybridized carbons (Fsp3) is 0.200. The Labute approximate surface area is 458 Å². The summed E-state index contributed by atoms with van der Waals surface area (Å²) in [7, 11) is 0. The Kier molecular flexibility index (Phi) is 16.2. The molecule has 0 spiro atoms. The van der Waals surface area contributed by atoms with E-state index in [1.165, 1.54) is 6.07 Å². The van der Waals surface area contributed by atoms with E-state index in [0.717, 1.165) is 67.5 Å². The molecular weight excluding hydrogens is 1670 g/mol. The van der Waals surface area contributed by atoms with E-state index < -0.39 is 10.8 Å². The van der Waals surface area contributed by atoms with Crippen LogP contribution in [0.1, 0.15) is 77.8 Å². The van der Waals surface area contributed by atoms with Gasteiger partial charge in [-0.1, -0.05) is 45.4 Å². The molecular formula is C45H36I8O7. The van der Waals surface area contributed by atoms with Crippen molar-refractivity contribution in [1.29, 1.82) is 0 Å². The van der Waals surface area contributed by atoms with Gasteiger partial charge in [0.15, 0.2) is 0 Å². The van der Waals surface area contributed by atoms with Gasteiger partial charge in [-0.3, -0.25) is 9.78 Å². The molecule has 60 heavy (non-hydrogen) atoms. The van der Waals surface area contributed by atoms with E-state index in [1.54, 1.807) is 0 Å². The van der Waals surface area contributed by atoms with Crippen molar-refractivity contribution < 1.29 is 35.3 Å². The van der Waals surface area contributed by atoms with Crippen LogP contribution in [-0.2, 0) is 23.7 Å². The lowest BCUT2D eigenvalue weighted by atomic mass is 9.72. The maximum Gasteiger partial charge on any atom is 0.205 e. The number of hydrogen-bond acceptors (Lipinski definition) is 7. The summed E-state index contributed by atoms with van der Waals surface area (Å²) >= 11 is 17.5. The molecule has 15 heteroatoms. The number of phenols is 5. The van der Waals surface area contributed by atoms with Crippen LogP contribution in [0.25, 0.3) is 0 Å². The molecule has 0 heterocycles. The Morgan fingerprint density at radius 2 is 0.733 bits per heavy atom. The van der Waals surface area contributed by atoms with Gasteiger partial charge in [-0.25, -0.2) is 0 Å². The summed E-state index contributed by atoms with van der Waals surface area (Å²) in [5.74, 6) is 1.91. The van der Waals surface area contributed by atoms with Crippen LogP contribution in [0.3, 0.4) is 0 Å². The second-order valence-corrected chi connectivity index (χ2v) is 24.7. The summed E-state index contributed by atoms with van der Waals surface area (Å²) in [6.45, 7) is 10.2. The summed E-state index contributed by atoms with van der Waals surface area (Å²) in [5.41, 5.74) is 6.60. The molecule has 0 atom stereocenters. The van der Waals surface area contributed by atoms with Crippen LogP contribution >= 0.6 is 181 Å². The van der Waals surface area contributed by atoms with Crippen LogP contribution in [0.2, 0.25) is 0 Å². The number of aryl methyl sites for hydroxylation is 1. The van der Waals surface area contributed by atoms with E-state index in [0.29, 0.717) is 35.5 Å². The van der Waals surface area contributed by atoms with Gasteiger partial charge >= 0.3 is 0 Å². The van der Waals surface area contributed by atoms with Crippen LogP contribution in [0, 0.1) is 35.5 Å². The Hall–Kier alpha value is -0.240. The monoisotopic (exact) mass is 1700 g/mol. The fourth-order valence-corrected chi connectivity index (χ4v) is 14.7. The molecule has 0 saturated heterocycles. The lowest BCUT2D eigenvalue weighted by Gasteiger charge is -2.32. The van der Waals surface area contributed by atoms with Crippen molar-refractivity contribution in [1.82, 2.24) is 0 Å².